The predicted octanol–water partition coefficient (Wildman–Crippen LogP) is 1.39. The Balaban J connectivity index is 1.77. The molecule has 0 spiro atoms. The monoisotopic (exact) mass is 428 g/mol. The molecule has 0 amide bonds. The van der Waals surface area contributed by atoms with Crippen LogP contribution in [-0.2, 0) is 9.59 Å². The lowest BCUT2D eigenvalue weighted by molar-refractivity contribution is -0.140. The van der Waals surface area contributed by atoms with Gasteiger partial charge in [0.2, 0.25) is 0 Å². The Morgan fingerprint density at radius 1 is 1.03 bits per heavy atom. The van der Waals surface area contributed by atoms with E-state index in [2.05, 4.69) is 9.97 Å². The summed E-state index contributed by atoms with van der Waals surface area (Å²) in [5, 5.41) is 17.6. The molecule has 0 fully saturated rings. The fourth-order valence-corrected chi connectivity index (χ4v) is 2.84. The number of nitrogens with one attached hydrogen (secondary N) is 1. The van der Waals surface area contributed by atoms with E-state index in [4.69, 9.17) is 25.4 Å². The summed E-state index contributed by atoms with van der Waals surface area (Å²) in [5.41, 5.74) is 8.09. The number of fused-ring (bicyclic) bond motifs is 1. The van der Waals surface area contributed by atoms with Gasteiger partial charge in [-0.25, -0.2) is 14.6 Å². The van der Waals surface area contributed by atoms with Gasteiger partial charge in [-0.3, -0.25) is 4.79 Å². The van der Waals surface area contributed by atoms with Gasteiger partial charge in [0.05, 0.1) is 17.6 Å². The van der Waals surface area contributed by atoms with Crippen molar-refractivity contribution in [1.29, 1.82) is 0 Å². The molecule has 0 aliphatic carbocycles. The third-order valence-corrected chi connectivity index (χ3v) is 4.27. The Kier molecular flexibility index (Phi) is 6.24. The van der Waals surface area contributed by atoms with Crippen LogP contribution in [0.15, 0.2) is 36.4 Å². The summed E-state index contributed by atoms with van der Waals surface area (Å²) in [6, 6.07) is 9.57. The molecule has 1 aromatic heterocycles. The van der Waals surface area contributed by atoms with Crippen LogP contribution in [0, 0.1) is 0 Å². The van der Waals surface area contributed by atoms with Gasteiger partial charge in [-0.15, -0.1) is 0 Å². The molecule has 0 aliphatic rings. The van der Waals surface area contributed by atoms with Gasteiger partial charge in [0.15, 0.2) is 36.4 Å². The van der Waals surface area contributed by atoms with Crippen molar-refractivity contribution >= 4 is 40.4 Å². The number of imidazole rings is 1. The molecule has 0 saturated carbocycles. The van der Waals surface area contributed by atoms with Gasteiger partial charge in [0.1, 0.15) is 0 Å². The number of H-pyrrole nitrogens is 1. The summed E-state index contributed by atoms with van der Waals surface area (Å²) in [6.07, 6.45) is 0. The Labute approximate surface area is 176 Å². The van der Waals surface area contributed by atoms with Crippen LogP contribution in [0.2, 0.25) is 0 Å². The number of likely N-dealkylation sites (N-methyl/N-ethyl adjacent to an activating group) is 1. The maximum atomic E-state index is 12.8. The van der Waals surface area contributed by atoms with Crippen LogP contribution in [0.25, 0.3) is 11.0 Å². The Hall–Kier alpha value is -4.28. The Morgan fingerprint density at radius 2 is 1.71 bits per heavy atom. The summed E-state index contributed by atoms with van der Waals surface area (Å²) in [4.78, 5) is 43.1. The van der Waals surface area contributed by atoms with E-state index in [0.717, 1.165) is 11.2 Å². The third kappa shape index (κ3) is 5.41. The molecule has 11 heteroatoms. The highest BCUT2D eigenvalue weighted by molar-refractivity contribution is 6.00. The number of anilines is 2. The zero-order valence-corrected chi connectivity index (χ0v) is 16.5. The number of nitrogens with two attached hydrogens (primary N) is 1. The summed E-state index contributed by atoms with van der Waals surface area (Å²) >= 11 is 0. The molecule has 3 aromatic rings. The lowest BCUT2D eigenvalue weighted by Gasteiger charge is -2.19. The van der Waals surface area contributed by atoms with Crippen LogP contribution in [0.4, 0.5) is 11.6 Å². The number of ketones is 1. The number of aromatic nitrogens is 2. The van der Waals surface area contributed by atoms with Gasteiger partial charge in [-0.05, 0) is 36.4 Å². The van der Waals surface area contributed by atoms with Crippen LogP contribution in [0.3, 0.4) is 0 Å². The number of hydrogen-bond donors (Lipinski definition) is 4. The van der Waals surface area contributed by atoms with Crippen LogP contribution in [0.5, 0.6) is 11.5 Å². The molecule has 0 saturated heterocycles. The van der Waals surface area contributed by atoms with Gasteiger partial charge in [0.25, 0.3) is 0 Å². The number of Topliss-reactive ketones (excluding diaryl/α,β-unsaturated/α-hetero) is 1. The SMILES string of the molecule is CN(CC(=O)c1ccc(OCC(=O)O)c(OCC(=O)O)c1)c1ccc2[nH]c(N)nc2c1. The number of nitrogens with zero attached hydrogens (tertiary/aromatic N) is 2. The van der Waals surface area contributed by atoms with Crippen molar-refractivity contribution in [3.8, 4) is 11.5 Å². The van der Waals surface area contributed by atoms with Crippen LogP contribution in [0.1, 0.15) is 10.4 Å². The van der Waals surface area contributed by atoms with Crippen LogP contribution >= 0.6 is 0 Å². The summed E-state index contributed by atoms with van der Waals surface area (Å²) in [7, 11) is 1.74. The first-order chi connectivity index (χ1) is 14.7. The lowest BCUT2D eigenvalue weighted by Crippen LogP contribution is -2.25. The summed E-state index contributed by atoms with van der Waals surface area (Å²) in [6.45, 7) is -1.30. The molecule has 0 radical (unpaired) electrons. The molecular formula is C20H20N4O7. The van der Waals surface area contributed by atoms with Crippen molar-refractivity contribution < 1.29 is 34.1 Å². The highest BCUT2D eigenvalue weighted by atomic mass is 16.5. The summed E-state index contributed by atoms with van der Waals surface area (Å²) < 4.78 is 10.3. The van der Waals surface area contributed by atoms with Crippen molar-refractivity contribution in [2.75, 3.05) is 37.4 Å². The second-order valence-electron chi connectivity index (χ2n) is 6.63. The molecule has 0 atom stereocenters. The number of nitrogen functional groups attached to an aromatic ring is 1. The molecule has 1 heterocycles. The largest absolute Gasteiger partial charge is 0.479 e. The fraction of sp³-hybridized carbons (Fsp3) is 0.200. The molecule has 5 N–H and O–H groups in total. The molecule has 0 unspecified atom stereocenters. The predicted molar refractivity (Wildman–Crippen MR) is 111 cm³/mol. The van der Waals surface area contributed by atoms with E-state index in [1.54, 1.807) is 24.1 Å². The van der Waals surface area contributed by atoms with Gasteiger partial charge < -0.3 is 35.3 Å². The Morgan fingerprint density at radius 3 is 2.39 bits per heavy atom. The first kappa shape index (κ1) is 21.4. The number of carbonyl (C=O) groups excluding carboxylic acids is 1. The maximum absolute atomic E-state index is 12.8. The maximum Gasteiger partial charge on any atom is 0.341 e. The first-order valence-corrected chi connectivity index (χ1v) is 9.05. The fourth-order valence-electron chi connectivity index (χ4n) is 2.84. The van der Waals surface area contributed by atoms with E-state index in [1.807, 2.05) is 6.07 Å². The van der Waals surface area contributed by atoms with E-state index >= 15 is 0 Å². The third-order valence-electron chi connectivity index (χ3n) is 4.27. The highest BCUT2D eigenvalue weighted by Crippen LogP contribution is 2.29. The number of aliphatic carboxylic acids is 2. The van der Waals surface area contributed by atoms with E-state index in [9.17, 15) is 14.4 Å². The van der Waals surface area contributed by atoms with Crippen molar-refractivity contribution in [1.82, 2.24) is 9.97 Å². The molecule has 3 rings (SSSR count). The number of aromatic amines is 1. The standard InChI is InChI=1S/C20H20N4O7/c1-24(12-3-4-13-14(7-12)23-20(21)22-13)8-15(25)11-2-5-16(30-9-18(26)27)17(6-11)31-10-19(28)29/h2-7H,8-10H2,1H3,(H,26,27)(H,28,29)(H3,21,22,23). The number of hydrogen-bond acceptors (Lipinski definition) is 8. The van der Waals surface area contributed by atoms with Crippen molar-refractivity contribution in [2.24, 2.45) is 0 Å². The van der Waals surface area contributed by atoms with Crippen LogP contribution < -0.4 is 20.1 Å². The number of carboxylic acid groups (broad SMARTS) is 2. The van der Waals surface area contributed by atoms with Gasteiger partial charge >= 0.3 is 11.9 Å². The number of ether oxygens (including phenoxy) is 2. The topological polar surface area (TPSA) is 168 Å². The normalized spacial score (nSPS) is 10.6. The average Bonchev–Trinajstić information content (AvgIpc) is 3.09. The van der Waals surface area contributed by atoms with Gasteiger partial charge in [0, 0.05) is 18.3 Å². The molecule has 2 aromatic carbocycles. The zero-order valence-electron chi connectivity index (χ0n) is 16.5. The minimum atomic E-state index is -1.23. The van der Waals surface area contributed by atoms with Crippen LogP contribution in [-0.4, -0.2) is 64.7 Å². The zero-order chi connectivity index (χ0) is 22.5. The summed E-state index contributed by atoms with van der Waals surface area (Å²) in [5.74, 6) is -2.42. The van der Waals surface area contributed by atoms with Gasteiger partial charge in [-0.2, -0.15) is 0 Å². The smallest absolute Gasteiger partial charge is 0.341 e. The quantitative estimate of drug-likeness (QED) is 0.346. The number of carboxylic acids is 2. The molecule has 0 bridgehead atoms. The van der Waals surface area contributed by atoms with E-state index in [-0.39, 0.29) is 29.4 Å². The second kappa shape index (κ2) is 9.03. The van der Waals surface area contributed by atoms with E-state index < -0.39 is 25.2 Å². The van der Waals surface area contributed by atoms with Crippen molar-refractivity contribution in [3.05, 3.63) is 42.0 Å². The number of rotatable bonds is 10. The molecule has 11 nitrogen and oxygen atoms in total. The van der Waals surface area contributed by atoms with E-state index in [0.29, 0.717) is 11.5 Å². The van der Waals surface area contributed by atoms with Crippen molar-refractivity contribution in [2.45, 2.75) is 0 Å². The molecular weight excluding hydrogens is 408 g/mol. The number of carbonyl (C=O) groups is 3. The second-order valence-corrected chi connectivity index (χ2v) is 6.63. The van der Waals surface area contributed by atoms with Crippen molar-refractivity contribution in [3.63, 3.8) is 0 Å². The minimum absolute atomic E-state index is 0.0130. The molecule has 31 heavy (non-hydrogen) atoms. The molecule has 0 aliphatic heterocycles. The highest BCUT2D eigenvalue weighted by Gasteiger charge is 2.16. The lowest BCUT2D eigenvalue weighted by atomic mass is 10.1. The minimum Gasteiger partial charge on any atom is -0.479 e. The Bertz CT molecular complexity index is 1140. The van der Waals surface area contributed by atoms with E-state index in [1.165, 1.54) is 18.2 Å². The average molecular weight is 428 g/mol. The molecule has 162 valence electrons. The first-order valence-electron chi connectivity index (χ1n) is 9.05. The number of benzene rings is 2. The van der Waals surface area contributed by atoms with Gasteiger partial charge in [-0.1, -0.05) is 0 Å².